The zero-order valence-corrected chi connectivity index (χ0v) is 16.8. The van der Waals surface area contributed by atoms with Crippen LogP contribution >= 0.6 is 0 Å². The van der Waals surface area contributed by atoms with Crippen LogP contribution in [0.4, 0.5) is 0 Å². The number of carbonyl (C=O) groups excluding carboxylic acids is 1. The fourth-order valence-electron chi connectivity index (χ4n) is 3.25. The Hall–Kier alpha value is -1.41. The lowest BCUT2D eigenvalue weighted by Crippen LogP contribution is -2.46. The summed E-state index contributed by atoms with van der Waals surface area (Å²) in [5.41, 5.74) is 0.376. The van der Waals surface area contributed by atoms with Gasteiger partial charge in [-0.1, -0.05) is 19.0 Å². The number of piperidine rings is 1. The van der Waals surface area contributed by atoms with Gasteiger partial charge in [0, 0.05) is 32.1 Å². The van der Waals surface area contributed by atoms with Gasteiger partial charge in [0.05, 0.1) is 0 Å². The van der Waals surface area contributed by atoms with Crippen LogP contribution in [0.3, 0.4) is 0 Å². The minimum absolute atomic E-state index is 0.107. The number of hydrogen-bond acceptors (Lipinski definition) is 5. The van der Waals surface area contributed by atoms with Crippen LogP contribution in [0.2, 0.25) is 0 Å². The quantitative estimate of drug-likeness (QED) is 0.792. The van der Waals surface area contributed by atoms with E-state index in [-0.39, 0.29) is 22.8 Å². The van der Waals surface area contributed by atoms with Crippen LogP contribution in [-0.4, -0.2) is 54.9 Å². The summed E-state index contributed by atoms with van der Waals surface area (Å²) >= 11 is 0. The molecular formula is C17H29N3O4S. The number of aromatic nitrogens is 1. The van der Waals surface area contributed by atoms with E-state index >= 15 is 0 Å². The number of carbonyl (C=O) groups is 1. The third-order valence-corrected chi connectivity index (χ3v) is 7.44. The number of sulfonamides is 1. The van der Waals surface area contributed by atoms with Gasteiger partial charge in [-0.3, -0.25) is 4.79 Å². The van der Waals surface area contributed by atoms with Crippen molar-refractivity contribution in [1.29, 1.82) is 0 Å². The van der Waals surface area contributed by atoms with Gasteiger partial charge in [0.25, 0.3) is 0 Å². The number of hydrogen-bond donors (Lipinski definition) is 0. The molecular weight excluding hydrogens is 342 g/mol. The molecule has 2 rings (SSSR count). The summed E-state index contributed by atoms with van der Waals surface area (Å²) in [6.07, 6.45) is 1.08. The molecule has 1 aliphatic heterocycles. The second kappa shape index (κ2) is 7.45. The molecule has 0 bridgehead atoms. The molecule has 2 heterocycles. The Bertz CT molecular complexity index is 699. The van der Waals surface area contributed by atoms with Crippen molar-refractivity contribution in [2.45, 2.75) is 58.4 Å². The van der Waals surface area contributed by atoms with Crippen molar-refractivity contribution in [3.05, 3.63) is 11.5 Å². The highest BCUT2D eigenvalue weighted by atomic mass is 32.2. The van der Waals surface area contributed by atoms with E-state index in [1.54, 1.807) is 18.7 Å². The van der Waals surface area contributed by atoms with Gasteiger partial charge in [-0.15, -0.1) is 0 Å². The predicted molar refractivity (Wildman–Crippen MR) is 94.5 cm³/mol. The topological polar surface area (TPSA) is 83.7 Å². The molecule has 1 fully saturated rings. The number of rotatable bonds is 5. The van der Waals surface area contributed by atoms with Gasteiger partial charge in [0.15, 0.2) is 5.76 Å². The summed E-state index contributed by atoms with van der Waals surface area (Å²) < 4.78 is 32.1. The number of nitrogens with zero attached hydrogens (tertiary/aromatic N) is 3. The van der Waals surface area contributed by atoms with Crippen LogP contribution in [-0.2, 0) is 14.8 Å². The van der Waals surface area contributed by atoms with E-state index in [2.05, 4.69) is 19.0 Å². The van der Waals surface area contributed by atoms with Crippen LogP contribution < -0.4 is 0 Å². The standard InChI is InChI=1S/C17H29N3O4S/c1-11(2)13(4)19(6)17(21)15-7-9-20(10-8-15)25(22,23)16-12(3)18-24-14(16)5/h11,13,15H,7-10H2,1-6H3/t13-/m1/s1. The molecule has 1 aromatic heterocycles. The summed E-state index contributed by atoms with van der Waals surface area (Å²) in [6, 6.07) is 0.163. The molecule has 1 atom stereocenters. The summed E-state index contributed by atoms with van der Waals surface area (Å²) in [7, 11) is -1.79. The lowest BCUT2D eigenvalue weighted by Gasteiger charge is -2.35. The third kappa shape index (κ3) is 3.89. The molecule has 0 N–H and O–H groups in total. The zero-order chi connectivity index (χ0) is 18.9. The first-order chi connectivity index (χ1) is 11.6. The van der Waals surface area contributed by atoms with Crippen LogP contribution in [0.15, 0.2) is 9.42 Å². The van der Waals surface area contributed by atoms with Crippen molar-refractivity contribution in [2.75, 3.05) is 20.1 Å². The van der Waals surface area contributed by atoms with Crippen LogP contribution in [0, 0.1) is 25.7 Å². The molecule has 0 radical (unpaired) electrons. The summed E-state index contributed by atoms with van der Waals surface area (Å²) in [5, 5.41) is 3.74. The highest BCUT2D eigenvalue weighted by molar-refractivity contribution is 7.89. The van der Waals surface area contributed by atoms with Crippen molar-refractivity contribution in [3.8, 4) is 0 Å². The molecule has 1 amide bonds. The van der Waals surface area contributed by atoms with Gasteiger partial charge in [-0.2, -0.15) is 4.31 Å². The lowest BCUT2D eigenvalue weighted by molar-refractivity contribution is -0.138. The second-order valence-electron chi connectivity index (χ2n) is 7.27. The first kappa shape index (κ1) is 19.9. The largest absolute Gasteiger partial charge is 0.360 e. The highest BCUT2D eigenvalue weighted by Gasteiger charge is 2.36. The van der Waals surface area contributed by atoms with Crippen LogP contribution in [0.5, 0.6) is 0 Å². The van der Waals surface area contributed by atoms with Gasteiger partial charge in [-0.05, 0) is 39.5 Å². The van der Waals surface area contributed by atoms with E-state index < -0.39 is 10.0 Å². The molecule has 142 valence electrons. The van der Waals surface area contributed by atoms with E-state index in [4.69, 9.17) is 4.52 Å². The van der Waals surface area contributed by atoms with E-state index in [0.29, 0.717) is 43.3 Å². The van der Waals surface area contributed by atoms with Crippen LogP contribution in [0.25, 0.3) is 0 Å². The SMILES string of the molecule is Cc1noc(C)c1S(=O)(=O)N1CCC(C(=O)N(C)[C@H](C)C(C)C)CC1. The highest BCUT2D eigenvalue weighted by Crippen LogP contribution is 2.28. The fourth-order valence-corrected chi connectivity index (χ4v) is 5.01. The van der Waals surface area contributed by atoms with Crippen molar-refractivity contribution in [2.24, 2.45) is 11.8 Å². The maximum atomic E-state index is 12.8. The predicted octanol–water partition coefficient (Wildman–Crippen LogP) is 2.20. The van der Waals surface area contributed by atoms with E-state index in [1.807, 2.05) is 14.0 Å². The average molecular weight is 372 g/mol. The monoisotopic (exact) mass is 371 g/mol. The van der Waals surface area contributed by atoms with Crippen molar-refractivity contribution < 1.29 is 17.7 Å². The second-order valence-corrected chi connectivity index (χ2v) is 9.14. The molecule has 1 aromatic rings. The number of amides is 1. The molecule has 0 saturated carbocycles. The molecule has 0 aromatic carbocycles. The van der Waals surface area contributed by atoms with Crippen molar-refractivity contribution in [3.63, 3.8) is 0 Å². The van der Waals surface area contributed by atoms with Gasteiger partial charge in [0.1, 0.15) is 10.6 Å². The van der Waals surface area contributed by atoms with Gasteiger partial charge >= 0.3 is 0 Å². The fraction of sp³-hybridized carbons (Fsp3) is 0.765. The Morgan fingerprint density at radius 3 is 2.24 bits per heavy atom. The molecule has 7 nitrogen and oxygen atoms in total. The average Bonchev–Trinajstić information content (AvgIpc) is 2.92. The Morgan fingerprint density at radius 1 is 1.24 bits per heavy atom. The van der Waals surface area contributed by atoms with E-state index in [1.165, 1.54) is 4.31 Å². The van der Waals surface area contributed by atoms with Crippen LogP contribution in [0.1, 0.15) is 45.1 Å². The minimum Gasteiger partial charge on any atom is -0.360 e. The summed E-state index contributed by atoms with van der Waals surface area (Å²) in [6.45, 7) is 10.1. The molecule has 25 heavy (non-hydrogen) atoms. The Labute approximate surface area is 150 Å². The van der Waals surface area contributed by atoms with Gasteiger partial charge < -0.3 is 9.42 Å². The number of aryl methyl sites for hydroxylation is 2. The van der Waals surface area contributed by atoms with Crippen molar-refractivity contribution >= 4 is 15.9 Å². The zero-order valence-electron chi connectivity index (χ0n) is 15.9. The molecule has 1 aliphatic rings. The van der Waals surface area contributed by atoms with Crippen molar-refractivity contribution in [1.82, 2.24) is 14.4 Å². The smallest absolute Gasteiger partial charge is 0.248 e. The first-order valence-corrected chi connectivity index (χ1v) is 10.2. The first-order valence-electron chi connectivity index (χ1n) is 8.77. The Kier molecular flexibility index (Phi) is 5.93. The lowest BCUT2D eigenvalue weighted by atomic mass is 9.95. The summed E-state index contributed by atoms with van der Waals surface area (Å²) in [4.78, 5) is 14.6. The van der Waals surface area contributed by atoms with Gasteiger partial charge in [-0.25, -0.2) is 8.42 Å². The molecule has 0 spiro atoms. The van der Waals surface area contributed by atoms with Gasteiger partial charge in [0.2, 0.25) is 15.9 Å². The normalized spacial score (nSPS) is 18.5. The maximum absolute atomic E-state index is 12.8. The summed E-state index contributed by atoms with van der Waals surface area (Å²) in [5.74, 6) is 0.674. The third-order valence-electron chi connectivity index (χ3n) is 5.29. The maximum Gasteiger partial charge on any atom is 0.248 e. The Morgan fingerprint density at radius 2 is 1.80 bits per heavy atom. The molecule has 0 aliphatic carbocycles. The van der Waals surface area contributed by atoms with E-state index in [9.17, 15) is 13.2 Å². The molecule has 1 saturated heterocycles. The molecule has 0 unspecified atom stereocenters. The minimum atomic E-state index is -3.63. The Balaban J connectivity index is 2.06. The molecule has 8 heteroatoms. The van der Waals surface area contributed by atoms with E-state index in [0.717, 1.165) is 0 Å².